The summed E-state index contributed by atoms with van der Waals surface area (Å²) in [4.78, 5) is 12.6. The maximum atomic E-state index is 12.9. The third-order valence-electron chi connectivity index (χ3n) is 4.94. The fourth-order valence-corrected chi connectivity index (χ4v) is 3.58. The topological polar surface area (TPSA) is 50.4 Å². The number of hydrogen-bond acceptors (Lipinski definition) is 3. The number of nitrogens with one attached hydrogen (secondary N) is 2. The van der Waals surface area contributed by atoms with E-state index < -0.39 is 17.5 Å². The molecule has 0 aromatic carbocycles. The van der Waals surface area contributed by atoms with Gasteiger partial charge < -0.3 is 15.4 Å². The third kappa shape index (κ3) is 5.22. The predicted octanol–water partition coefficient (Wildman–Crippen LogP) is 2.66. The second-order valence-corrected chi connectivity index (χ2v) is 6.54. The summed E-state index contributed by atoms with van der Waals surface area (Å²) in [6.07, 6.45) is -1.56. The van der Waals surface area contributed by atoms with Gasteiger partial charge in [0.25, 0.3) is 0 Å². The van der Waals surface area contributed by atoms with Gasteiger partial charge in [0.2, 0.25) is 5.91 Å². The van der Waals surface area contributed by atoms with Gasteiger partial charge in [0.05, 0.1) is 17.9 Å². The molecule has 2 rings (SSSR count). The number of alkyl halides is 3. The molecule has 0 radical (unpaired) electrons. The summed E-state index contributed by atoms with van der Waals surface area (Å²) in [7, 11) is 1.55. The summed E-state index contributed by atoms with van der Waals surface area (Å²) in [6, 6.07) is -0.378. The van der Waals surface area contributed by atoms with E-state index in [1.54, 1.807) is 7.11 Å². The van der Waals surface area contributed by atoms with Gasteiger partial charge in [-0.25, -0.2) is 0 Å². The van der Waals surface area contributed by atoms with Crippen molar-refractivity contribution in [3.63, 3.8) is 0 Å². The lowest BCUT2D eigenvalue weighted by Crippen LogP contribution is -2.53. The van der Waals surface area contributed by atoms with Crippen molar-refractivity contribution < 1.29 is 22.7 Å². The van der Waals surface area contributed by atoms with E-state index in [2.05, 4.69) is 10.6 Å². The first kappa shape index (κ1) is 20.5. The van der Waals surface area contributed by atoms with E-state index in [1.165, 1.54) is 0 Å². The molecule has 136 valence electrons. The molecule has 23 heavy (non-hydrogen) atoms. The maximum Gasteiger partial charge on any atom is 0.391 e. The Morgan fingerprint density at radius 3 is 2.52 bits per heavy atom. The molecule has 2 aliphatic rings. The van der Waals surface area contributed by atoms with E-state index in [1.807, 2.05) is 0 Å². The highest BCUT2D eigenvalue weighted by Crippen LogP contribution is 2.38. The van der Waals surface area contributed by atoms with Crippen LogP contribution >= 0.6 is 12.4 Å². The van der Waals surface area contributed by atoms with Crippen molar-refractivity contribution in [2.24, 2.45) is 11.3 Å². The molecule has 4 nitrogen and oxygen atoms in total. The van der Waals surface area contributed by atoms with Crippen LogP contribution in [0.4, 0.5) is 13.2 Å². The lowest BCUT2D eigenvalue weighted by Gasteiger charge is -2.38. The van der Waals surface area contributed by atoms with Crippen LogP contribution in [0.1, 0.15) is 38.5 Å². The van der Waals surface area contributed by atoms with Crippen molar-refractivity contribution in [3.05, 3.63) is 0 Å². The number of methoxy groups -OCH3 is 1. The minimum Gasteiger partial charge on any atom is -0.384 e. The molecule has 2 unspecified atom stereocenters. The van der Waals surface area contributed by atoms with Crippen LogP contribution in [0.3, 0.4) is 0 Å². The Kier molecular flexibility index (Phi) is 7.61. The van der Waals surface area contributed by atoms with E-state index >= 15 is 0 Å². The zero-order valence-electron chi connectivity index (χ0n) is 13.4. The zero-order chi connectivity index (χ0) is 16.2. The van der Waals surface area contributed by atoms with Crippen LogP contribution < -0.4 is 10.6 Å². The van der Waals surface area contributed by atoms with Crippen molar-refractivity contribution in [3.8, 4) is 0 Å². The van der Waals surface area contributed by atoms with E-state index in [0.717, 1.165) is 13.1 Å². The molecule has 0 bridgehead atoms. The first-order valence-electron chi connectivity index (χ1n) is 7.95. The molecular weight excluding hydrogens is 333 g/mol. The van der Waals surface area contributed by atoms with Gasteiger partial charge in [-0.2, -0.15) is 13.2 Å². The van der Waals surface area contributed by atoms with Gasteiger partial charge >= 0.3 is 6.18 Å². The summed E-state index contributed by atoms with van der Waals surface area (Å²) < 4.78 is 43.8. The van der Waals surface area contributed by atoms with Crippen LogP contribution in [-0.4, -0.2) is 44.9 Å². The highest BCUT2D eigenvalue weighted by atomic mass is 35.5. The number of ether oxygens (including phenoxy) is 1. The van der Waals surface area contributed by atoms with E-state index in [4.69, 9.17) is 4.74 Å². The Bertz CT molecular complexity index is 382. The smallest absolute Gasteiger partial charge is 0.384 e. The third-order valence-corrected chi connectivity index (χ3v) is 4.94. The van der Waals surface area contributed by atoms with Gasteiger partial charge in [0.15, 0.2) is 0 Å². The fraction of sp³-hybridized carbons (Fsp3) is 0.933. The molecule has 1 saturated carbocycles. The molecule has 0 aromatic rings. The molecule has 2 atom stereocenters. The normalized spacial score (nSPS) is 27.8. The van der Waals surface area contributed by atoms with Gasteiger partial charge in [-0.3, -0.25) is 4.79 Å². The minimum atomic E-state index is -4.16. The van der Waals surface area contributed by atoms with E-state index in [0.29, 0.717) is 32.3 Å². The Hall–Kier alpha value is -0.530. The fourth-order valence-electron chi connectivity index (χ4n) is 3.58. The largest absolute Gasteiger partial charge is 0.391 e. The monoisotopic (exact) mass is 358 g/mol. The maximum absolute atomic E-state index is 12.9. The highest BCUT2D eigenvalue weighted by molar-refractivity contribution is 5.85. The van der Waals surface area contributed by atoms with Gasteiger partial charge in [-0.15, -0.1) is 12.4 Å². The quantitative estimate of drug-likeness (QED) is 0.812. The van der Waals surface area contributed by atoms with E-state index in [9.17, 15) is 18.0 Å². The predicted molar refractivity (Wildman–Crippen MR) is 83.6 cm³/mol. The molecule has 1 saturated heterocycles. The second kappa shape index (κ2) is 8.53. The lowest BCUT2D eigenvalue weighted by molar-refractivity contribution is -0.184. The van der Waals surface area contributed by atoms with Crippen molar-refractivity contribution in [1.29, 1.82) is 0 Å². The first-order chi connectivity index (χ1) is 10.4. The summed E-state index contributed by atoms with van der Waals surface area (Å²) in [5.41, 5.74) is -0.606. The zero-order valence-corrected chi connectivity index (χ0v) is 14.2. The Morgan fingerprint density at radius 2 is 1.96 bits per heavy atom. The molecule has 1 amide bonds. The number of hydrogen-bond donors (Lipinski definition) is 2. The molecule has 1 heterocycles. The molecule has 1 aliphatic heterocycles. The van der Waals surface area contributed by atoms with E-state index in [-0.39, 0.29) is 37.2 Å². The summed E-state index contributed by atoms with van der Waals surface area (Å²) >= 11 is 0. The minimum absolute atomic E-state index is 0. The average molecular weight is 359 g/mol. The SMILES string of the molecule is COCC1(C(=O)NC2CCCC(C(F)(F)F)C2)CCNCC1.Cl. The van der Waals surface area contributed by atoms with Crippen molar-refractivity contribution in [1.82, 2.24) is 10.6 Å². The Morgan fingerprint density at radius 1 is 1.30 bits per heavy atom. The number of amides is 1. The van der Waals surface area contributed by atoms with Gasteiger partial charge in [0.1, 0.15) is 0 Å². The molecular formula is C15H26ClF3N2O2. The number of halogens is 4. The van der Waals surface area contributed by atoms with Crippen LogP contribution in [0.5, 0.6) is 0 Å². The number of piperidine rings is 1. The molecule has 8 heteroatoms. The van der Waals surface area contributed by atoms with Gasteiger partial charge in [0, 0.05) is 13.2 Å². The standard InChI is InChI=1S/C15H25F3N2O2.ClH/c1-22-10-14(5-7-19-8-6-14)13(21)20-12-4-2-3-11(9-12)15(16,17)18;/h11-12,19H,2-10H2,1H3,(H,20,21);1H. The number of carbonyl (C=O) groups excluding carboxylic acids is 1. The molecule has 0 spiro atoms. The number of carbonyl (C=O) groups is 1. The van der Waals surface area contributed by atoms with Crippen LogP contribution in [0.2, 0.25) is 0 Å². The Balaban J connectivity index is 0.00000264. The molecule has 1 aliphatic carbocycles. The van der Waals surface area contributed by atoms with Crippen molar-refractivity contribution in [2.45, 2.75) is 50.7 Å². The Labute approximate surface area is 141 Å². The van der Waals surface area contributed by atoms with Crippen molar-refractivity contribution in [2.75, 3.05) is 26.8 Å². The molecule has 2 N–H and O–H groups in total. The lowest BCUT2D eigenvalue weighted by atomic mass is 9.77. The molecule has 0 aromatic heterocycles. The highest BCUT2D eigenvalue weighted by Gasteiger charge is 2.44. The van der Waals surface area contributed by atoms with Gasteiger partial charge in [-0.1, -0.05) is 6.42 Å². The van der Waals surface area contributed by atoms with Gasteiger partial charge in [-0.05, 0) is 45.2 Å². The second-order valence-electron chi connectivity index (χ2n) is 6.54. The summed E-state index contributed by atoms with van der Waals surface area (Å²) in [5, 5.41) is 6.07. The van der Waals surface area contributed by atoms with Crippen LogP contribution in [0.15, 0.2) is 0 Å². The van der Waals surface area contributed by atoms with Crippen LogP contribution in [0, 0.1) is 11.3 Å². The molecule has 2 fully saturated rings. The summed E-state index contributed by atoms with van der Waals surface area (Å²) in [6.45, 7) is 1.77. The van der Waals surface area contributed by atoms with Crippen molar-refractivity contribution >= 4 is 18.3 Å². The van der Waals surface area contributed by atoms with Crippen LogP contribution in [0.25, 0.3) is 0 Å². The van der Waals surface area contributed by atoms with Crippen LogP contribution in [-0.2, 0) is 9.53 Å². The first-order valence-corrected chi connectivity index (χ1v) is 7.95. The average Bonchev–Trinajstić information content (AvgIpc) is 2.48. The summed E-state index contributed by atoms with van der Waals surface area (Å²) in [5.74, 6) is -1.44. The number of rotatable bonds is 4.